The normalized spacial score (nSPS) is 19.2. The van der Waals surface area contributed by atoms with Crippen LogP contribution in [0.25, 0.3) is 0 Å². The van der Waals surface area contributed by atoms with Gasteiger partial charge in [0.25, 0.3) is 0 Å². The lowest BCUT2D eigenvalue weighted by Gasteiger charge is -2.28. The standard InChI is InChI=1S/C14H23N3/c1-12-4-2-3-5-13(12)14(15)6-9-17-10-7-16-8-11-17/h2-5,14,16H,6-11,15H2,1H3. The molecule has 1 atom stereocenters. The Labute approximate surface area is 104 Å². The van der Waals surface area contributed by atoms with Gasteiger partial charge in [0.15, 0.2) is 0 Å². The summed E-state index contributed by atoms with van der Waals surface area (Å²) in [4.78, 5) is 2.49. The third-order valence-corrected chi connectivity index (χ3v) is 3.55. The average Bonchev–Trinajstić information content (AvgIpc) is 2.38. The van der Waals surface area contributed by atoms with E-state index in [-0.39, 0.29) is 6.04 Å². The van der Waals surface area contributed by atoms with Gasteiger partial charge in [0, 0.05) is 38.8 Å². The van der Waals surface area contributed by atoms with Gasteiger partial charge in [0.2, 0.25) is 0 Å². The van der Waals surface area contributed by atoms with Crippen molar-refractivity contribution >= 4 is 0 Å². The molecule has 0 spiro atoms. The molecule has 1 aromatic carbocycles. The van der Waals surface area contributed by atoms with Crippen LogP contribution < -0.4 is 11.1 Å². The van der Waals surface area contributed by atoms with Crippen molar-refractivity contribution in [3.05, 3.63) is 35.4 Å². The van der Waals surface area contributed by atoms with Crippen molar-refractivity contribution in [2.45, 2.75) is 19.4 Å². The summed E-state index contributed by atoms with van der Waals surface area (Å²) in [6.07, 6.45) is 1.05. The predicted molar refractivity (Wildman–Crippen MR) is 72.0 cm³/mol. The average molecular weight is 233 g/mol. The number of hydrogen-bond donors (Lipinski definition) is 2. The van der Waals surface area contributed by atoms with Crippen molar-refractivity contribution in [1.82, 2.24) is 10.2 Å². The Balaban J connectivity index is 1.84. The van der Waals surface area contributed by atoms with Crippen molar-refractivity contribution in [3.63, 3.8) is 0 Å². The minimum absolute atomic E-state index is 0.172. The molecule has 1 aliphatic rings. The first-order chi connectivity index (χ1) is 8.27. The molecule has 1 fully saturated rings. The fraction of sp³-hybridized carbons (Fsp3) is 0.571. The Morgan fingerprint density at radius 2 is 2.00 bits per heavy atom. The lowest BCUT2D eigenvalue weighted by Crippen LogP contribution is -2.44. The maximum atomic E-state index is 6.27. The molecule has 1 aromatic rings. The van der Waals surface area contributed by atoms with Gasteiger partial charge in [0.05, 0.1) is 0 Å². The highest BCUT2D eigenvalue weighted by Crippen LogP contribution is 2.18. The lowest BCUT2D eigenvalue weighted by molar-refractivity contribution is 0.233. The zero-order chi connectivity index (χ0) is 12.1. The Morgan fingerprint density at radius 1 is 1.29 bits per heavy atom. The third kappa shape index (κ3) is 3.53. The van der Waals surface area contributed by atoms with Gasteiger partial charge in [0.1, 0.15) is 0 Å². The minimum atomic E-state index is 0.172. The van der Waals surface area contributed by atoms with Crippen LogP contribution in [0.3, 0.4) is 0 Å². The van der Waals surface area contributed by atoms with Crippen molar-refractivity contribution in [1.29, 1.82) is 0 Å². The number of nitrogens with two attached hydrogens (primary N) is 1. The molecule has 0 radical (unpaired) electrons. The largest absolute Gasteiger partial charge is 0.324 e. The molecule has 0 saturated carbocycles. The monoisotopic (exact) mass is 233 g/mol. The van der Waals surface area contributed by atoms with Crippen LogP contribution in [0.4, 0.5) is 0 Å². The molecule has 1 aliphatic heterocycles. The smallest absolute Gasteiger partial charge is 0.0309 e. The number of piperazine rings is 1. The molecule has 3 heteroatoms. The summed E-state index contributed by atoms with van der Waals surface area (Å²) in [6, 6.07) is 8.61. The Kier molecular flexibility index (Phi) is 4.54. The van der Waals surface area contributed by atoms with E-state index >= 15 is 0 Å². The molecule has 1 saturated heterocycles. The fourth-order valence-corrected chi connectivity index (χ4v) is 2.41. The number of nitrogens with zero attached hydrogens (tertiary/aromatic N) is 1. The lowest BCUT2D eigenvalue weighted by atomic mass is 9.99. The molecular weight excluding hydrogens is 210 g/mol. The van der Waals surface area contributed by atoms with Gasteiger partial charge in [-0.25, -0.2) is 0 Å². The van der Waals surface area contributed by atoms with Gasteiger partial charge in [-0.05, 0) is 24.5 Å². The zero-order valence-electron chi connectivity index (χ0n) is 10.7. The summed E-state index contributed by atoms with van der Waals surface area (Å²) in [5, 5.41) is 3.37. The SMILES string of the molecule is Cc1ccccc1C(N)CCN1CCNCC1. The second kappa shape index (κ2) is 6.15. The molecule has 1 heterocycles. The first-order valence-electron chi connectivity index (χ1n) is 6.51. The highest BCUT2D eigenvalue weighted by Gasteiger charge is 2.13. The first kappa shape index (κ1) is 12.6. The van der Waals surface area contributed by atoms with E-state index in [1.54, 1.807) is 0 Å². The summed E-state index contributed by atoms with van der Waals surface area (Å²) in [5.41, 5.74) is 8.87. The highest BCUT2D eigenvalue weighted by molar-refractivity contribution is 5.28. The van der Waals surface area contributed by atoms with Crippen LogP contribution in [-0.2, 0) is 0 Å². The van der Waals surface area contributed by atoms with E-state index in [0.717, 1.165) is 39.1 Å². The van der Waals surface area contributed by atoms with E-state index in [1.807, 2.05) is 0 Å². The van der Waals surface area contributed by atoms with E-state index in [1.165, 1.54) is 11.1 Å². The minimum Gasteiger partial charge on any atom is -0.324 e. The number of benzene rings is 1. The number of hydrogen-bond acceptors (Lipinski definition) is 3. The van der Waals surface area contributed by atoms with Gasteiger partial charge in [-0.2, -0.15) is 0 Å². The number of rotatable bonds is 4. The fourth-order valence-electron chi connectivity index (χ4n) is 2.41. The maximum absolute atomic E-state index is 6.27. The van der Waals surface area contributed by atoms with Gasteiger partial charge >= 0.3 is 0 Å². The molecule has 1 unspecified atom stereocenters. The van der Waals surface area contributed by atoms with Crippen molar-refractivity contribution in [3.8, 4) is 0 Å². The van der Waals surface area contributed by atoms with E-state index in [9.17, 15) is 0 Å². The van der Waals surface area contributed by atoms with Crippen LogP contribution >= 0.6 is 0 Å². The van der Waals surface area contributed by atoms with Crippen LogP contribution in [0.2, 0.25) is 0 Å². The molecular formula is C14H23N3. The second-order valence-corrected chi connectivity index (χ2v) is 4.84. The Bertz CT molecular complexity index is 345. The summed E-state index contributed by atoms with van der Waals surface area (Å²) in [7, 11) is 0. The van der Waals surface area contributed by atoms with Gasteiger partial charge < -0.3 is 16.0 Å². The zero-order valence-corrected chi connectivity index (χ0v) is 10.7. The third-order valence-electron chi connectivity index (χ3n) is 3.55. The summed E-state index contributed by atoms with van der Waals surface area (Å²) in [6.45, 7) is 7.78. The van der Waals surface area contributed by atoms with Gasteiger partial charge in [-0.15, -0.1) is 0 Å². The molecule has 0 bridgehead atoms. The summed E-state index contributed by atoms with van der Waals surface area (Å²) in [5.74, 6) is 0. The topological polar surface area (TPSA) is 41.3 Å². The van der Waals surface area contributed by atoms with Gasteiger partial charge in [-0.3, -0.25) is 0 Å². The predicted octanol–water partition coefficient (Wildman–Crippen LogP) is 1.29. The molecule has 0 amide bonds. The highest BCUT2D eigenvalue weighted by atomic mass is 15.2. The van der Waals surface area contributed by atoms with Crippen molar-refractivity contribution < 1.29 is 0 Å². The van der Waals surface area contributed by atoms with Crippen LogP contribution in [0.1, 0.15) is 23.6 Å². The molecule has 0 aromatic heterocycles. The van der Waals surface area contributed by atoms with Crippen molar-refractivity contribution in [2.75, 3.05) is 32.7 Å². The maximum Gasteiger partial charge on any atom is 0.0309 e. The van der Waals surface area contributed by atoms with Gasteiger partial charge in [-0.1, -0.05) is 24.3 Å². The summed E-state index contributed by atoms with van der Waals surface area (Å²) < 4.78 is 0. The quantitative estimate of drug-likeness (QED) is 0.823. The summed E-state index contributed by atoms with van der Waals surface area (Å²) >= 11 is 0. The van der Waals surface area contributed by atoms with E-state index in [4.69, 9.17) is 5.73 Å². The second-order valence-electron chi connectivity index (χ2n) is 4.84. The first-order valence-corrected chi connectivity index (χ1v) is 6.51. The van der Waals surface area contributed by atoms with Crippen LogP contribution in [-0.4, -0.2) is 37.6 Å². The van der Waals surface area contributed by atoms with Crippen LogP contribution in [0, 0.1) is 6.92 Å². The molecule has 3 N–H and O–H groups in total. The van der Waals surface area contributed by atoms with E-state index in [2.05, 4.69) is 41.4 Å². The molecule has 0 aliphatic carbocycles. The molecule has 2 rings (SSSR count). The van der Waals surface area contributed by atoms with Crippen LogP contribution in [0.15, 0.2) is 24.3 Å². The Hall–Kier alpha value is -0.900. The van der Waals surface area contributed by atoms with Crippen LogP contribution in [0.5, 0.6) is 0 Å². The number of aryl methyl sites for hydroxylation is 1. The van der Waals surface area contributed by atoms with Crippen molar-refractivity contribution in [2.24, 2.45) is 5.73 Å². The molecule has 94 valence electrons. The van der Waals surface area contributed by atoms with E-state index in [0.29, 0.717) is 0 Å². The molecule has 3 nitrogen and oxygen atoms in total. The van der Waals surface area contributed by atoms with E-state index < -0.39 is 0 Å². The Morgan fingerprint density at radius 3 is 2.71 bits per heavy atom. The number of nitrogens with one attached hydrogen (secondary N) is 1. The molecule has 17 heavy (non-hydrogen) atoms.